The molecule has 0 aromatic rings. The normalized spacial score (nSPS) is 30.1. The Morgan fingerprint density at radius 1 is 0.654 bits per heavy atom. The summed E-state index contributed by atoms with van der Waals surface area (Å²) < 4.78 is 0. The van der Waals surface area contributed by atoms with Gasteiger partial charge in [0, 0.05) is 0 Å². The molecule has 0 aromatic carbocycles. The molecule has 0 spiro atoms. The SMILES string of the molecule is CCCC=CC1CCCCC1CCCCC1CCC(CCCCC)CC1. The minimum Gasteiger partial charge on any atom is -0.0883 e. The second-order valence-corrected chi connectivity index (χ2v) is 9.59. The Labute approximate surface area is 165 Å². The maximum Gasteiger partial charge on any atom is -0.0205 e. The maximum atomic E-state index is 2.59. The second kappa shape index (κ2) is 13.8. The van der Waals surface area contributed by atoms with Gasteiger partial charge in [-0.1, -0.05) is 116 Å². The molecule has 0 heterocycles. The predicted molar refractivity (Wildman–Crippen MR) is 118 cm³/mol. The lowest BCUT2D eigenvalue weighted by molar-refractivity contribution is 0.234. The lowest BCUT2D eigenvalue weighted by Gasteiger charge is -2.30. The molecule has 26 heavy (non-hydrogen) atoms. The van der Waals surface area contributed by atoms with Crippen LogP contribution in [0.3, 0.4) is 0 Å². The highest BCUT2D eigenvalue weighted by Gasteiger charge is 2.23. The first kappa shape index (κ1) is 22.0. The van der Waals surface area contributed by atoms with Crippen LogP contribution in [0.2, 0.25) is 0 Å². The van der Waals surface area contributed by atoms with Crippen LogP contribution in [0.5, 0.6) is 0 Å². The molecule has 0 saturated heterocycles. The van der Waals surface area contributed by atoms with Gasteiger partial charge in [0.1, 0.15) is 0 Å². The molecule has 2 rings (SSSR count). The molecule has 2 unspecified atom stereocenters. The summed E-state index contributed by atoms with van der Waals surface area (Å²) >= 11 is 0. The molecule has 0 aliphatic heterocycles. The maximum absolute atomic E-state index is 2.59. The third-order valence-corrected chi connectivity index (χ3v) is 7.43. The van der Waals surface area contributed by atoms with Crippen LogP contribution in [0.4, 0.5) is 0 Å². The van der Waals surface area contributed by atoms with E-state index in [4.69, 9.17) is 0 Å². The van der Waals surface area contributed by atoms with Gasteiger partial charge in [0.15, 0.2) is 0 Å². The van der Waals surface area contributed by atoms with Crippen LogP contribution in [-0.2, 0) is 0 Å². The summed E-state index contributed by atoms with van der Waals surface area (Å²) in [6.07, 6.45) is 31.6. The minimum atomic E-state index is 0.911. The molecule has 152 valence electrons. The summed E-state index contributed by atoms with van der Waals surface area (Å²) in [4.78, 5) is 0. The number of unbranched alkanes of at least 4 members (excludes halogenated alkanes) is 4. The van der Waals surface area contributed by atoms with Crippen molar-refractivity contribution in [2.24, 2.45) is 23.7 Å². The summed E-state index contributed by atoms with van der Waals surface area (Å²) in [6.45, 7) is 4.62. The summed E-state index contributed by atoms with van der Waals surface area (Å²) in [6, 6.07) is 0. The summed E-state index contributed by atoms with van der Waals surface area (Å²) in [7, 11) is 0. The topological polar surface area (TPSA) is 0 Å². The first-order valence-corrected chi connectivity index (χ1v) is 12.5. The van der Waals surface area contributed by atoms with E-state index in [0.717, 1.165) is 23.7 Å². The van der Waals surface area contributed by atoms with Crippen molar-refractivity contribution in [3.05, 3.63) is 12.2 Å². The molecule has 0 amide bonds. The fourth-order valence-corrected chi connectivity index (χ4v) is 5.62. The van der Waals surface area contributed by atoms with E-state index in [0.29, 0.717) is 0 Å². The Morgan fingerprint density at radius 2 is 1.27 bits per heavy atom. The Morgan fingerprint density at radius 3 is 1.92 bits per heavy atom. The second-order valence-electron chi connectivity index (χ2n) is 9.59. The molecule has 2 aliphatic carbocycles. The van der Waals surface area contributed by atoms with Crippen molar-refractivity contribution in [2.45, 2.75) is 129 Å². The minimum absolute atomic E-state index is 0.911. The molecular formula is C26H48. The molecule has 2 atom stereocenters. The van der Waals surface area contributed by atoms with E-state index in [2.05, 4.69) is 26.0 Å². The molecule has 0 N–H and O–H groups in total. The predicted octanol–water partition coefficient (Wildman–Crippen LogP) is 9.10. The highest BCUT2D eigenvalue weighted by Crippen LogP contribution is 2.37. The van der Waals surface area contributed by atoms with Crippen LogP contribution in [0.15, 0.2) is 12.2 Å². The van der Waals surface area contributed by atoms with Gasteiger partial charge in [-0.2, -0.15) is 0 Å². The Balaban J connectivity index is 1.55. The first-order chi connectivity index (χ1) is 12.8. The van der Waals surface area contributed by atoms with Gasteiger partial charge < -0.3 is 0 Å². The fraction of sp³-hybridized carbons (Fsp3) is 0.923. The van der Waals surface area contributed by atoms with E-state index in [1.165, 1.54) is 89.9 Å². The van der Waals surface area contributed by atoms with Crippen molar-refractivity contribution in [1.29, 1.82) is 0 Å². The van der Waals surface area contributed by atoms with Crippen LogP contribution in [0.1, 0.15) is 129 Å². The zero-order valence-electron chi connectivity index (χ0n) is 18.2. The molecule has 0 bridgehead atoms. The largest absolute Gasteiger partial charge is 0.0883 e. The first-order valence-electron chi connectivity index (χ1n) is 12.5. The quantitative estimate of drug-likeness (QED) is 0.240. The Bertz CT molecular complexity index is 347. The standard InChI is InChI=1S/C26H48/c1-3-5-7-13-23-19-21-24(22-20-23)14-9-10-16-26-18-12-11-17-25(26)15-8-6-4-2/h8,15,23-26H,3-7,9-14,16-22H2,1-2H3. The third-order valence-electron chi connectivity index (χ3n) is 7.43. The Kier molecular flexibility index (Phi) is 11.7. The van der Waals surface area contributed by atoms with Crippen LogP contribution in [-0.4, -0.2) is 0 Å². The van der Waals surface area contributed by atoms with Gasteiger partial charge in [-0.3, -0.25) is 0 Å². The zero-order chi connectivity index (χ0) is 18.5. The summed E-state index contributed by atoms with van der Waals surface area (Å²) in [5.41, 5.74) is 0. The van der Waals surface area contributed by atoms with E-state index >= 15 is 0 Å². The van der Waals surface area contributed by atoms with E-state index in [-0.39, 0.29) is 0 Å². The van der Waals surface area contributed by atoms with Gasteiger partial charge in [-0.25, -0.2) is 0 Å². The van der Waals surface area contributed by atoms with E-state index < -0.39 is 0 Å². The highest BCUT2D eigenvalue weighted by molar-refractivity contribution is 4.93. The average Bonchev–Trinajstić information content (AvgIpc) is 2.68. The van der Waals surface area contributed by atoms with Crippen LogP contribution in [0.25, 0.3) is 0 Å². The number of hydrogen-bond acceptors (Lipinski definition) is 0. The molecule has 0 heteroatoms. The molecular weight excluding hydrogens is 312 g/mol. The number of allylic oxidation sites excluding steroid dienone is 2. The monoisotopic (exact) mass is 360 g/mol. The van der Waals surface area contributed by atoms with Gasteiger partial charge in [0.05, 0.1) is 0 Å². The lowest BCUT2D eigenvalue weighted by atomic mass is 9.75. The molecule has 2 saturated carbocycles. The smallest absolute Gasteiger partial charge is 0.0205 e. The third kappa shape index (κ3) is 8.62. The van der Waals surface area contributed by atoms with E-state index in [9.17, 15) is 0 Å². The molecule has 2 fully saturated rings. The zero-order valence-corrected chi connectivity index (χ0v) is 18.2. The van der Waals surface area contributed by atoms with Gasteiger partial charge in [-0.15, -0.1) is 0 Å². The lowest BCUT2D eigenvalue weighted by Crippen LogP contribution is -2.18. The highest BCUT2D eigenvalue weighted by atomic mass is 14.3. The fourth-order valence-electron chi connectivity index (χ4n) is 5.62. The van der Waals surface area contributed by atoms with Gasteiger partial charge in [0.2, 0.25) is 0 Å². The average molecular weight is 361 g/mol. The molecule has 0 nitrogen and oxygen atoms in total. The van der Waals surface area contributed by atoms with Crippen LogP contribution in [0, 0.1) is 23.7 Å². The summed E-state index contributed by atoms with van der Waals surface area (Å²) in [5.74, 6) is 4.07. The van der Waals surface area contributed by atoms with Crippen molar-refractivity contribution >= 4 is 0 Å². The number of hydrogen-bond donors (Lipinski definition) is 0. The van der Waals surface area contributed by atoms with E-state index in [1.807, 2.05) is 0 Å². The van der Waals surface area contributed by atoms with Crippen LogP contribution < -0.4 is 0 Å². The van der Waals surface area contributed by atoms with Crippen molar-refractivity contribution in [3.8, 4) is 0 Å². The van der Waals surface area contributed by atoms with Gasteiger partial charge in [0.25, 0.3) is 0 Å². The molecule has 0 radical (unpaired) electrons. The Hall–Kier alpha value is -0.260. The molecule has 2 aliphatic rings. The van der Waals surface area contributed by atoms with Crippen LogP contribution >= 0.6 is 0 Å². The number of rotatable bonds is 12. The van der Waals surface area contributed by atoms with E-state index in [1.54, 1.807) is 25.7 Å². The van der Waals surface area contributed by atoms with Crippen molar-refractivity contribution in [1.82, 2.24) is 0 Å². The van der Waals surface area contributed by atoms with Gasteiger partial charge in [-0.05, 0) is 49.4 Å². The van der Waals surface area contributed by atoms with Crippen molar-refractivity contribution in [3.63, 3.8) is 0 Å². The molecule has 0 aromatic heterocycles. The van der Waals surface area contributed by atoms with Crippen molar-refractivity contribution < 1.29 is 0 Å². The van der Waals surface area contributed by atoms with Crippen molar-refractivity contribution in [2.75, 3.05) is 0 Å². The summed E-state index contributed by atoms with van der Waals surface area (Å²) in [5, 5.41) is 0. The van der Waals surface area contributed by atoms with Gasteiger partial charge >= 0.3 is 0 Å².